The molecule has 0 saturated heterocycles. The highest BCUT2D eigenvalue weighted by atomic mass is 35.5. The van der Waals surface area contributed by atoms with Crippen LogP contribution in [0.1, 0.15) is 18.7 Å². The molecule has 1 aromatic rings. The Labute approximate surface area is 81.4 Å². The van der Waals surface area contributed by atoms with Gasteiger partial charge < -0.3 is 9.73 Å². The normalized spacial score (nSPS) is 12.2. The Kier molecular flexibility index (Phi) is 3.14. The molecule has 1 N–H and O–H groups in total. The Morgan fingerprint density at radius 2 is 2.46 bits per heavy atom. The molecule has 0 spiro atoms. The lowest BCUT2D eigenvalue weighted by Crippen LogP contribution is -2.25. The summed E-state index contributed by atoms with van der Waals surface area (Å²) in [5.74, 6) is 0.303. The van der Waals surface area contributed by atoms with Gasteiger partial charge in [-0.15, -0.1) is 0 Å². The Bertz CT molecular complexity index is 305. The molecular weight excluding hydrogens is 190 g/mol. The molecule has 1 atom stereocenters. The van der Waals surface area contributed by atoms with Crippen LogP contribution < -0.4 is 5.32 Å². The second-order valence-corrected chi connectivity index (χ2v) is 3.07. The van der Waals surface area contributed by atoms with Gasteiger partial charge in [-0.05, 0) is 19.1 Å². The molecule has 0 saturated carbocycles. The van der Waals surface area contributed by atoms with E-state index in [2.05, 4.69) is 11.9 Å². The maximum absolute atomic E-state index is 11.1. The number of amides is 1. The molecule has 1 amide bonds. The maximum Gasteiger partial charge on any atom is 0.262 e. The van der Waals surface area contributed by atoms with Gasteiger partial charge in [-0.25, -0.2) is 0 Å². The van der Waals surface area contributed by atoms with E-state index in [1.807, 2.05) is 0 Å². The number of rotatable bonds is 3. The highest BCUT2D eigenvalue weighted by molar-refractivity contribution is 6.41. The van der Waals surface area contributed by atoms with Crippen LogP contribution in [0.5, 0.6) is 0 Å². The predicted octanol–water partition coefficient (Wildman–Crippen LogP) is 2.21. The number of nitrogens with one attached hydrogen (secondary N) is 1. The third-order valence-corrected chi connectivity index (χ3v) is 1.74. The number of furan rings is 1. The van der Waals surface area contributed by atoms with E-state index in [-0.39, 0.29) is 17.0 Å². The van der Waals surface area contributed by atoms with Crippen LogP contribution in [0.15, 0.2) is 34.4 Å². The summed E-state index contributed by atoms with van der Waals surface area (Å²) in [6.07, 6.45) is 1.55. The summed E-state index contributed by atoms with van der Waals surface area (Å²) in [4.78, 5) is 11.1. The van der Waals surface area contributed by atoms with Crippen LogP contribution in [0, 0.1) is 0 Å². The molecule has 0 aliphatic rings. The van der Waals surface area contributed by atoms with E-state index in [1.165, 1.54) is 0 Å². The van der Waals surface area contributed by atoms with Gasteiger partial charge in [-0.3, -0.25) is 4.79 Å². The van der Waals surface area contributed by atoms with Gasteiger partial charge in [-0.2, -0.15) is 0 Å². The Morgan fingerprint density at radius 1 is 1.77 bits per heavy atom. The quantitative estimate of drug-likeness (QED) is 0.759. The summed E-state index contributed by atoms with van der Waals surface area (Å²) in [5, 5.41) is 2.59. The smallest absolute Gasteiger partial charge is 0.262 e. The van der Waals surface area contributed by atoms with E-state index in [4.69, 9.17) is 16.0 Å². The van der Waals surface area contributed by atoms with E-state index in [0.29, 0.717) is 5.76 Å². The summed E-state index contributed by atoms with van der Waals surface area (Å²) in [6, 6.07) is 3.34. The number of hydrogen-bond acceptors (Lipinski definition) is 2. The van der Waals surface area contributed by atoms with Crippen molar-refractivity contribution < 1.29 is 9.21 Å². The zero-order valence-corrected chi connectivity index (χ0v) is 7.97. The molecule has 0 fully saturated rings. The minimum atomic E-state index is -0.384. The average Bonchev–Trinajstić information content (AvgIpc) is 2.55. The van der Waals surface area contributed by atoms with Crippen LogP contribution in [0.25, 0.3) is 0 Å². The van der Waals surface area contributed by atoms with Crippen molar-refractivity contribution in [1.82, 2.24) is 5.32 Å². The zero-order valence-electron chi connectivity index (χ0n) is 7.21. The predicted molar refractivity (Wildman–Crippen MR) is 50.3 cm³/mol. The number of hydrogen-bond donors (Lipinski definition) is 1. The second-order valence-electron chi connectivity index (χ2n) is 2.62. The molecule has 0 bridgehead atoms. The average molecular weight is 200 g/mol. The van der Waals surface area contributed by atoms with Gasteiger partial charge in [0.05, 0.1) is 17.3 Å². The van der Waals surface area contributed by atoms with Crippen molar-refractivity contribution in [3.63, 3.8) is 0 Å². The molecule has 1 aromatic heterocycles. The van der Waals surface area contributed by atoms with Crippen molar-refractivity contribution in [1.29, 1.82) is 0 Å². The molecule has 0 aliphatic carbocycles. The molecule has 4 heteroatoms. The van der Waals surface area contributed by atoms with Crippen molar-refractivity contribution in [2.45, 2.75) is 13.0 Å². The first-order chi connectivity index (χ1) is 6.11. The maximum atomic E-state index is 11.1. The largest absolute Gasteiger partial charge is 0.467 e. The van der Waals surface area contributed by atoms with Gasteiger partial charge in [0.1, 0.15) is 5.76 Å². The van der Waals surface area contributed by atoms with Crippen molar-refractivity contribution in [2.75, 3.05) is 0 Å². The summed E-state index contributed by atoms with van der Waals surface area (Å²) in [7, 11) is 0. The van der Waals surface area contributed by atoms with Crippen LogP contribution >= 0.6 is 11.6 Å². The number of carbonyl (C=O) groups is 1. The molecular formula is C9H10ClNO2. The molecule has 0 aliphatic heterocycles. The summed E-state index contributed by atoms with van der Waals surface area (Å²) in [5.41, 5.74) is 0. The van der Waals surface area contributed by atoms with Crippen LogP contribution in [-0.4, -0.2) is 5.91 Å². The summed E-state index contributed by atoms with van der Waals surface area (Å²) >= 11 is 5.40. The van der Waals surface area contributed by atoms with Crippen molar-refractivity contribution in [3.05, 3.63) is 35.8 Å². The lowest BCUT2D eigenvalue weighted by atomic mass is 10.2. The molecule has 0 radical (unpaired) electrons. The standard InChI is InChI=1S/C9H10ClNO2/c1-6(10)9(12)11-7(2)8-4-3-5-13-8/h3-5,7H,1H2,2H3,(H,11,12)/t7-/m0/s1. The highest BCUT2D eigenvalue weighted by Crippen LogP contribution is 2.12. The fourth-order valence-corrected chi connectivity index (χ4v) is 0.938. The van der Waals surface area contributed by atoms with Gasteiger partial charge in [0.2, 0.25) is 0 Å². The fourth-order valence-electron chi connectivity index (χ4n) is 0.884. The van der Waals surface area contributed by atoms with E-state index < -0.39 is 0 Å². The lowest BCUT2D eigenvalue weighted by Gasteiger charge is -2.09. The SMILES string of the molecule is C=C(Cl)C(=O)N[C@@H](C)c1ccco1. The molecule has 1 heterocycles. The van der Waals surface area contributed by atoms with Crippen molar-refractivity contribution >= 4 is 17.5 Å². The van der Waals surface area contributed by atoms with Crippen LogP contribution in [0.4, 0.5) is 0 Å². The van der Waals surface area contributed by atoms with E-state index in [1.54, 1.807) is 25.3 Å². The molecule has 0 unspecified atom stereocenters. The monoisotopic (exact) mass is 199 g/mol. The van der Waals surface area contributed by atoms with Gasteiger partial charge in [0.25, 0.3) is 5.91 Å². The van der Waals surface area contributed by atoms with Crippen LogP contribution in [-0.2, 0) is 4.79 Å². The number of carbonyl (C=O) groups excluding carboxylic acids is 1. The molecule has 1 rings (SSSR count). The summed E-state index contributed by atoms with van der Waals surface area (Å²) < 4.78 is 5.09. The Hall–Kier alpha value is -1.22. The highest BCUT2D eigenvalue weighted by Gasteiger charge is 2.12. The van der Waals surface area contributed by atoms with Crippen molar-refractivity contribution in [3.8, 4) is 0 Å². The van der Waals surface area contributed by atoms with E-state index >= 15 is 0 Å². The van der Waals surface area contributed by atoms with Crippen LogP contribution in [0.3, 0.4) is 0 Å². The lowest BCUT2D eigenvalue weighted by molar-refractivity contribution is -0.117. The third kappa shape index (κ3) is 2.63. The summed E-state index contributed by atoms with van der Waals surface area (Å²) in [6.45, 7) is 5.11. The molecule has 3 nitrogen and oxygen atoms in total. The first-order valence-corrected chi connectivity index (χ1v) is 4.17. The van der Waals surface area contributed by atoms with Gasteiger partial charge in [-0.1, -0.05) is 18.2 Å². The fraction of sp³-hybridized carbons (Fsp3) is 0.222. The topological polar surface area (TPSA) is 42.2 Å². The van der Waals surface area contributed by atoms with E-state index in [0.717, 1.165) is 0 Å². The Morgan fingerprint density at radius 3 is 2.92 bits per heavy atom. The first kappa shape index (κ1) is 9.86. The van der Waals surface area contributed by atoms with Gasteiger partial charge >= 0.3 is 0 Å². The first-order valence-electron chi connectivity index (χ1n) is 3.80. The Balaban J connectivity index is 2.56. The second kappa shape index (κ2) is 4.14. The van der Waals surface area contributed by atoms with Crippen LogP contribution in [0.2, 0.25) is 0 Å². The van der Waals surface area contributed by atoms with Gasteiger partial charge in [0, 0.05) is 0 Å². The third-order valence-electron chi connectivity index (χ3n) is 1.56. The zero-order chi connectivity index (χ0) is 9.84. The molecule has 0 aromatic carbocycles. The van der Waals surface area contributed by atoms with Gasteiger partial charge in [0.15, 0.2) is 0 Å². The molecule has 13 heavy (non-hydrogen) atoms. The minimum absolute atomic E-state index is 0.0293. The van der Waals surface area contributed by atoms with Crippen molar-refractivity contribution in [2.24, 2.45) is 0 Å². The minimum Gasteiger partial charge on any atom is -0.467 e. The number of halogens is 1. The van der Waals surface area contributed by atoms with E-state index in [9.17, 15) is 4.79 Å². The molecule has 70 valence electrons.